The molecule has 3 nitrogen and oxygen atoms in total. The summed E-state index contributed by atoms with van der Waals surface area (Å²) in [6.07, 6.45) is 1.84. The fourth-order valence-corrected chi connectivity index (χ4v) is 3.75. The number of thiocarbonyl (C=S) groups is 1. The number of hydrogen-bond acceptors (Lipinski definition) is 2. The van der Waals surface area contributed by atoms with E-state index in [1.807, 2.05) is 29.2 Å². The van der Waals surface area contributed by atoms with Crippen LogP contribution in [0.25, 0.3) is 0 Å². The van der Waals surface area contributed by atoms with E-state index in [2.05, 4.69) is 25.7 Å². The van der Waals surface area contributed by atoms with Gasteiger partial charge in [-0.1, -0.05) is 30.7 Å². The monoisotopic (exact) mass is 308 g/mol. The predicted molar refractivity (Wildman–Crippen MR) is 85.0 cm³/mol. The SMILES string of the molecule is C=CCN1C(=S)NC2c3c(Cl)cccc3OC1(C)C2C. The van der Waals surface area contributed by atoms with Gasteiger partial charge >= 0.3 is 0 Å². The third-order valence-electron chi connectivity index (χ3n) is 4.36. The van der Waals surface area contributed by atoms with Crippen molar-refractivity contribution in [1.29, 1.82) is 0 Å². The van der Waals surface area contributed by atoms with Gasteiger partial charge in [-0.2, -0.15) is 0 Å². The summed E-state index contributed by atoms with van der Waals surface area (Å²) < 4.78 is 6.29. The molecule has 0 spiro atoms. The molecule has 2 bridgehead atoms. The summed E-state index contributed by atoms with van der Waals surface area (Å²) in [6, 6.07) is 5.83. The Morgan fingerprint density at radius 3 is 3.05 bits per heavy atom. The van der Waals surface area contributed by atoms with Gasteiger partial charge in [0.2, 0.25) is 0 Å². The van der Waals surface area contributed by atoms with Crippen LogP contribution in [0.5, 0.6) is 5.75 Å². The van der Waals surface area contributed by atoms with Gasteiger partial charge in [-0.05, 0) is 31.3 Å². The topological polar surface area (TPSA) is 24.5 Å². The molecule has 1 aromatic rings. The molecule has 0 saturated carbocycles. The van der Waals surface area contributed by atoms with E-state index in [4.69, 9.17) is 28.6 Å². The van der Waals surface area contributed by atoms with E-state index in [-0.39, 0.29) is 12.0 Å². The third kappa shape index (κ3) is 1.75. The van der Waals surface area contributed by atoms with Crippen LogP contribution in [-0.2, 0) is 0 Å². The van der Waals surface area contributed by atoms with E-state index in [0.29, 0.717) is 16.7 Å². The summed E-state index contributed by atoms with van der Waals surface area (Å²) in [4.78, 5) is 2.04. The maximum Gasteiger partial charge on any atom is 0.187 e. The van der Waals surface area contributed by atoms with Gasteiger partial charge in [0.15, 0.2) is 10.8 Å². The van der Waals surface area contributed by atoms with Crippen LogP contribution in [0.2, 0.25) is 5.02 Å². The van der Waals surface area contributed by atoms with Crippen LogP contribution in [0.4, 0.5) is 0 Å². The molecule has 3 atom stereocenters. The minimum atomic E-state index is -0.487. The summed E-state index contributed by atoms with van der Waals surface area (Å²) in [5.41, 5.74) is 0.513. The molecule has 3 rings (SSSR count). The van der Waals surface area contributed by atoms with Crippen molar-refractivity contribution >= 4 is 28.9 Å². The molecule has 1 saturated heterocycles. The lowest BCUT2D eigenvalue weighted by molar-refractivity contribution is -0.106. The van der Waals surface area contributed by atoms with Crippen molar-refractivity contribution in [3.63, 3.8) is 0 Å². The first-order valence-corrected chi connectivity index (χ1v) is 7.44. The number of fused-ring (bicyclic) bond motifs is 4. The fraction of sp³-hybridized carbons (Fsp3) is 0.400. The number of benzene rings is 1. The van der Waals surface area contributed by atoms with Crippen molar-refractivity contribution in [3.8, 4) is 5.75 Å². The van der Waals surface area contributed by atoms with Crippen molar-refractivity contribution in [1.82, 2.24) is 10.2 Å². The van der Waals surface area contributed by atoms with Crippen LogP contribution in [0, 0.1) is 5.92 Å². The molecule has 1 aromatic carbocycles. The summed E-state index contributed by atoms with van der Waals surface area (Å²) in [5.74, 6) is 1.04. The van der Waals surface area contributed by atoms with Gasteiger partial charge in [-0.25, -0.2) is 0 Å². The Balaban J connectivity index is 2.14. The lowest BCUT2D eigenvalue weighted by Gasteiger charge is -2.56. The lowest BCUT2D eigenvalue weighted by atomic mass is 9.81. The number of halogens is 1. The van der Waals surface area contributed by atoms with E-state index < -0.39 is 5.72 Å². The second-order valence-corrected chi connectivity index (χ2v) is 6.22. The Morgan fingerprint density at radius 2 is 2.35 bits per heavy atom. The first kappa shape index (κ1) is 13.7. The van der Waals surface area contributed by atoms with Crippen molar-refractivity contribution in [3.05, 3.63) is 41.4 Å². The van der Waals surface area contributed by atoms with Gasteiger partial charge in [0.05, 0.1) is 6.04 Å². The number of nitrogens with one attached hydrogen (secondary N) is 1. The Bertz CT molecular complexity index is 591. The normalized spacial score (nSPS) is 31.1. The van der Waals surface area contributed by atoms with Crippen LogP contribution < -0.4 is 10.1 Å². The largest absolute Gasteiger partial charge is 0.467 e. The molecule has 5 heteroatoms. The molecule has 0 radical (unpaired) electrons. The minimum Gasteiger partial charge on any atom is -0.467 e. The number of hydrogen-bond donors (Lipinski definition) is 1. The lowest BCUT2D eigenvalue weighted by Crippen LogP contribution is -2.68. The number of nitrogens with zero attached hydrogens (tertiary/aromatic N) is 1. The van der Waals surface area contributed by atoms with Crippen molar-refractivity contribution < 1.29 is 4.74 Å². The highest BCUT2D eigenvalue weighted by atomic mass is 35.5. The Morgan fingerprint density at radius 1 is 1.60 bits per heavy atom. The van der Waals surface area contributed by atoms with E-state index in [0.717, 1.165) is 11.3 Å². The number of rotatable bonds is 2. The van der Waals surface area contributed by atoms with E-state index >= 15 is 0 Å². The maximum atomic E-state index is 6.35. The molecule has 0 amide bonds. The highest BCUT2D eigenvalue weighted by molar-refractivity contribution is 7.80. The third-order valence-corrected chi connectivity index (χ3v) is 5.02. The van der Waals surface area contributed by atoms with Gasteiger partial charge in [-0.15, -0.1) is 6.58 Å². The molecule has 2 aliphatic heterocycles. The summed E-state index contributed by atoms with van der Waals surface area (Å²) in [6.45, 7) is 8.68. The Labute approximate surface area is 129 Å². The quantitative estimate of drug-likeness (QED) is 0.667. The Kier molecular flexibility index (Phi) is 3.18. The molecule has 0 aromatic heterocycles. The summed E-state index contributed by atoms with van der Waals surface area (Å²) in [5, 5.41) is 4.80. The van der Waals surface area contributed by atoms with Crippen molar-refractivity contribution in [2.75, 3.05) is 6.54 Å². The molecule has 2 heterocycles. The highest BCUT2D eigenvalue weighted by Gasteiger charge is 2.53. The standard InChI is InChI=1S/C15H17ClN2OS/c1-4-8-18-14(20)17-13-9(2)15(18,3)19-11-7-5-6-10(16)12(11)13/h4-7,9,13H,1,8H2,2-3H3,(H,17,20). The zero-order valence-electron chi connectivity index (χ0n) is 11.5. The van der Waals surface area contributed by atoms with Gasteiger partial charge in [0.25, 0.3) is 0 Å². The van der Waals surface area contributed by atoms with Crippen molar-refractivity contribution in [2.24, 2.45) is 5.92 Å². The van der Waals surface area contributed by atoms with Gasteiger partial charge in [-0.3, -0.25) is 0 Å². The maximum absolute atomic E-state index is 6.35. The van der Waals surface area contributed by atoms with Crippen LogP contribution >= 0.6 is 23.8 Å². The van der Waals surface area contributed by atoms with Gasteiger partial charge < -0.3 is 15.0 Å². The smallest absolute Gasteiger partial charge is 0.187 e. The molecule has 20 heavy (non-hydrogen) atoms. The molecule has 106 valence electrons. The predicted octanol–water partition coefficient (Wildman–Crippen LogP) is 3.50. The second-order valence-electron chi connectivity index (χ2n) is 5.42. The average Bonchev–Trinajstić information content (AvgIpc) is 2.39. The molecular formula is C15H17ClN2OS. The van der Waals surface area contributed by atoms with E-state index in [1.54, 1.807) is 0 Å². The van der Waals surface area contributed by atoms with Gasteiger partial charge in [0, 0.05) is 23.0 Å². The average molecular weight is 309 g/mol. The first-order valence-electron chi connectivity index (χ1n) is 6.65. The molecule has 3 unspecified atom stereocenters. The fourth-order valence-electron chi connectivity index (χ4n) is 3.09. The molecule has 2 aliphatic rings. The molecular weight excluding hydrogens is 292 g/mol. The first-order chi connectivity index (χ1) is 9.49. The van der Waals surface area contributed by atoms with Crippen LogP contribution in [0.1, 0.15) is 25.5 Å². The van der Waals surface area contributed by atoms with Crippen LogP contribution in [0.3, 0.4) is 0 Å². The van der Waals surface area contributed by atoms with E-state index in [9.17, 15) is 0 Å². The molecule has 1 fully saturated rings. The molecule has 0 aliphatic carbocycles. The van der Waals surface area contributed by atoms with E-state index in [1.165, 1.54) is 0 Å². The highest BCUT2D eigenvalue weighted by Crippen LogP contribution is 2.49. The zero-order valence-corrected chi connectivity index (χ0v) is 13.1. The number of ether oxygens (including phenoxy) is 1. The summed E-state index contributed by atoms with van der Waals surface area (Å²) >= 11 is 11.8. The second kappa shape index (κ2) is 4.64. The molecule has 1 N–H and O–H groups in total. The zero-order chi connectivity index (χ0) is 14.5. The van der Waals surface area contributed by atoms with Crippen LogP contribution in [0.15, 0.2) is 30.9 Å². The summed E-state index contributed by atoms with van der Waals surface area (Å²) in [7, 11) is 0. The van der Waals surface area contributed by atoms with Crippen LogP contribution in [-0.4, -0.2) is 22.3 Å². The van der Waals surface area contributed by atoms with Crippen molar-refractivity contribution in [2.45, 2.75) is 25.6 Å². The van der Waals surface area contributed by atoms with Gasteiger partial charge in [0.1, 0.15) is 5.75 Å². The Hall–Kier alpha value is -1.26. The minimum absolute atomic E-state index is 0.0750.